The molecule has 1 saturated heterocycles. The maximum Gasteiger partial charge on any atom is 0.307 e. The van der Waals surface area contributed by atoms with Crippen LogP contribution in [0.15, 0.2) is 36.4 Å². The first-order valence-corrected chi connectivity index (χ1v) is 8.28. The molecule has 2 atom stereocenters. The summed E-state index contributed by atoms with van der Waals surface area (Å²) in [6.07, 6.45) is 5.17. The number of esters is 1. The Morgan fingerprint density at radius 2 is 1.75 bits per heavy atom. The van der Waals surface area contributed by atoms with Crippen molar-refractivity contribution >= 4 is 17.8 Å². The lowest BCUT2D eigenvalue weighted by molar-refractivity contribution is -0.146. The molecule has 0 radical (unpaired) electrons. The van der Waals surface area contributed by atoms with Crippen LogP contribution in [-0.2, 0) is 25.7 Å². The Morgan fingerprint density at radius 1 is 1.12 bits per heavy atom. The van der Waals surface area contributed by atoms with Crippen LogP contribution in [0, 0.1) is 18.8 Å². The largest absolute Gasteiger partial charge is 0.461 e. The average molecular weight is 327 g/mol. The van der Waals surface area contributed by atoms with Gasteiger partial charge >= 0.3 is 5.97 Å². The van der Waals surface area contributed by atoms with E-state index in [2.05, 4.69) is 0 Å². The Bertz CT molecular complexity index is 668. The first-order chi connectivity index (χ1) is 11.6. The van der Waals surface area contributed by atoms with Gasteiger partial charge in [0, 0.05) is 6.54 Å². The smallest absolute Gasteiger partial charge is 0.307 e. The van der Waals surface area contributed by atoms with Gasteiger partial charge in [0.1, 0.15) is 6.61 Å². The lowest BCUT2D eigenvalue weighted by atomic mass is 9.85. The van der Waals surface area contributed by atoms with Crippen LogP contribution in [0.5, 0.6) is 0 Å². The Hall–Kier alpha value is -2.43. The highest BCUT2D eigenvalue weighted by Gasteiger charge is 2.46. The van der Waals surface area contributed by atoms with Crippen molar-refractivity contribution in [2.75, 3.05) is 6.54 Å². The molecule has 1 heterocycles. The minimum absolute atomic E-state index is 0.0379. The maximum absolute atomic E-state index is 12.3. The molecule has 1 aliphatic carbocycles. The summed E-state index contributed by atoms with van der Waals surface area (Å²) in [5.41, 5.74) is 2.02. The van der Waals surface area contributed by atoms with Gasteiger partial charge in [0.15, 0.2) is 0 Å². The van der Waals surface area contributed by atoms with Crippen LogP contribution in [0.3, 0.4) is 0 Å². The fourth-order valence-electron chi connectivity index (χ4n) is 3.29. The fourth-order valence-corrected chi connectivity index (χ4v) is 3.29. The SMILES string of the molecule is Cc1ccccc1COC(=O)CCN1C(=O)[C@H]2CC=CC[C@@H]2C1=O. The number of amides is 2. The van der Waals surface area contributed by atoms with Crippen molar-refractivity contribution in [1.29, 1.82) is 0 Å². The summed E-state index contributed by atoms with van der Waals surface area (Å²) in [4.78, 5) is 37.8. The number of imide groups is 1. The molecule has 0 saturated carbocycles. The monoisotopic (exact) mass is 327 g/mol. The van der Waals surface area contributed by atoms with Gasteiger partial charge in [0.2, 0.25) is 11.8 Å². The number of hydrogen-bond acceptors (Lipinski definition) is 4. The Kier molecular flexibility index (Phi) is 4.79. The second-order valence-electron chi connectivity index (χ2n) is 6.32. The second kappa shape index (κ2) is 6.99. The van der Waals surface area contributed by atoms with E-state index in [1.54, 1.807) is 0 Å². The fraction of sp³-hybridized carbons (Fsp3) is 0.421. The molecular weight excluding hydrogens is 306 g/mol. The number of benzene rings is 1. The molecule has 24 heavy (non-hydrogen) atoms. The highest BCUT2D eigenvalue weighted by molar-refractivity contribution is 6.05. The van der Waals surface area contributed by atoms with E-state index in [0.717, 1.165) is 11.1 Å². The quantitative estimate of drug-likeness (QED) is 0.473. The van der Waals surface area contributed by atoms with Gasteiger partial charge in [-0.05, 0) is 30.9 Å². The standard InChI is InChI=1S/C19H21NO4/c1-13-6-2-3-7-14(13)12-24-17(21)10-11-20-18(22)15-8-4-5-9-16(15)19(20)23/h2-7,15-16H,8-12H2,1H3/t15-,16-/m0/s1. The third-order valence-corrected chi connectivity index (χ3v) is 4.79. The van der Waals surface area contributed by atoms with Crippen molar-refractivity contribution in [2.45, 2.75) is 32.8 Å². The minimum atomic E-state index is -0.396. The number of ether oxygens (including phenoxy) is 1. The Morgan fingerprint density at radius 3 is 2.38 bits per heavy atom. The van der Waals surface area contributed by atoms with Gasteiger partial charge in [0.05, 0.1) is 18.3 Å². The molecule has 1 aliphatic heterocycles. The lowest BCUT2D eigenvalue weighted by Crippen LogP contribution is -2.33. The predicted molar refractivity (Wildman–Crippen MR) is 87.7 cm³/mol. The summed E-state index contributed by atoms with van der Waals surface area (Å²) in [7, 11) is 0. The minimum Gasteiger partial charge on any atom is -0.461 e. The molecule has 3 rings (SSSR count). The molecular formula is C19H21NO4. The van der Waals surface area contributed by atoms with E-state index in [4.69, 9.17) is 4.74 Å². The summed E-state index contributed by atoms with van der Waals surface area (Å²) in [6, 6.07) is 7.70. The normalized spacial score (nSPS) is 22.6. The first kappa shape index (κ1) is 16.4. The third-order valence-electron chi connectivity index (χ3n) is 4.79. The highest BCUT2D eigenvalue weighted by Crippen LogP contribution is 2.35. The van der Waals surface area contributed by atoms with Crippen LogP contribution in [0.25, 0.3) is 0 Å². The number of fused-ring (bicyclic) bond motifs is 1. The summed E-state index contributed by atoms with van der Waals surface area (Å²) in [5.74, 6) is -1.19. The highest BCUT2D eigenvalue weighted by atomic mass is 16.5. The molecule has 1 fully saturated rings. The van der Waals surface area contributed by atoms with Crippen LogP contribution in [0.1, 0.15) is 30.4 Å². The van der Waals surface area contributed by atoms with Gasteiger partial charge in [-0.25, -0.2) is 0 Å². The van der Waals surface area contributed by atoms with Gasteiger partial charge in [0.25, 0.3) is 0 Å². The Labute approximate surface area is 141 Å². The van der Waals surface area contributed by atoms with Crippen LogP contribution >= 0.6 is 0 Å². The van der Waals surface area contributed by atoms with Gasteiger partial charge in [-0.3, -0.25) is 19.3 Å². The van der Waals surface area contributed by atoms with Gasteiger partial charge in [-0.1, -0.05) is 36.4 Å². The lowest BCUT2D eigenvalue weighted by Gasteiger charge is -2.14. The molecule has 126 valence electrons. The average Bonchev–Trinajstić information content (AvgIpc) is 2.84. The second-order valence-corrected chi connectivity index (χ2v) is 6.32. The number of carbonyl (C=O) groups is 3. The molecule has 0 N–H and O–H groups in total. The number of rotatable bonds is 5. The summed E-state index contributed by atoms with van der Waals surface area (Å²) in [6.45, 7) is 2.28. The zero-order chi connectivity index (χ0) is 17.1. The Balaban J connectivity index is 1.51. The zero-order valence-corrected chi connectivity index (χ0v) is 13.7. The topological polar surface area (TPSA) is 63.7 Å². The number of nitrogens with zero attached hydrogens (tertiary/aromatic N) is 1. The van der Waals surface area contributed by atoms with Crippen molar-refractivity contribution < 1.29 is 19.1 Å². The van der Waals surface area contributed by atoms with Crippen LogP contribution in [0.2, 0.25) is 0 Å². The molecule has 0 unspecified atom stereocenters. The summed E-state index contributed by atoms with van der Waals surface area (Å²) in [5, 5.41) is 0. The maximum atomic E-state index is 12.3. The predicted octanol–water partition coefficient (Wildman–Crippen LogP) is 2.38. The first-order valence-electron chi connectivity index (χ1n) is 8.28. The molecule has 1 aromatic carbocycles. The number of likely N-dealkylation sites (tertiary alicyclic amines) is 1. The third kappa shape index (κ3) is 3.25. The molecule has 0 bridgehead atoms. The van der Waals surface area contributed by atoms with Crippen LogP contribution in [-0.4, -0.2) is 29.2 Å². The van der Waals surface area contributed by atoms with E-state index in [0.29, 0.717) is 12.8 Å². The molecule has 2 amide bonds. The number of allylic oxidation sites excluding steroid dienone is 2. The van der Waals surface area contributed by atoms with E-state index in [1.807, 2.05) is 43.3 Å². The molecule has 0 aromatic heterocycles. The molecule has 5 heteroatoms. The van der Waals surface area contributed by atoms with Crippen molar-refractivity contribution in [3.63, 3.8) is 0 Å². The van der Waals surface area contributed by atoms with E-state index in [-0.39, 0.29) is 43.2 Å². The molecule has 5 nitrogen and oxygen atoms in total. The van der Waals surface area contributed by atoms with E-state index in [9.17, 15) is 14.4 Å². The summed E-state index contributed by atoms with van der Waals surface area (Å²) >= 11 is 0. The van der Waals surface area contributed by atoms with Crippen molar-refractivity contribution in [3.8, 4) is 0 Å². The number of hydrogen-bond donors (Lipinski definition) is 0. The zero-order valence-electron chi connectivity index (χ0n) is 13.7. The van der Waals surface area contributed by atoms with Gasteiger partial charge in [-0.2, -0.15) is 0 Å². The summed E-state index contributed by atoms with van der Waals surface area (Å²) < 4.78 is 5.26. The van der Waals surface area contributed by atoms with E-state index in [1.165, 1.54) is 4.90 Å². The van der Waals surface area contributed by atoms with Crippen molar-refractivity contribution in [3.05, 3.63) is 47.5 Å². The van der Waals surface area contributed by atoms with E-state index < -0.39 is 5.97 Å². The van der Waals surface area contributed by atoms with Crippen LogP contribution < -0.4 is 0 Å². The number of carbonyl (C=O) groups excluding carboxylic acids is 3. The number of aryl methyl sites for hydroxylation is 1. The van der Waals surface area contributed by atoms with Crippen LogP contribution in [0.4, 0.5) is 0 Å². The van der Waals surface area contributed by atoms with Gasteiger partial charge < -0.3 is 4.74 Å². The van der Waals surface area contributed by atoms with E-state index >= 15 is 0 Å². The van der Waals surface area contributed by atoms with Gasteiger partial charge in [-0.15, -0.1) is 0 Å². The van der Waals surface area contributed by atoms with Crippen molar-refractivity contribution in [2.24, 2.45) is 11.8 Å². The molecule has 0 spiro atoms. The van der Waals surface area contributed by atoms with Crippen molar-refractivity contribution in [1.82, 2.24) is 4.90 Å². The molecule has 2 aliphatic rings. The molecule has 1 aromatic rings.